The number of halogens is 4. The van der Waals surface area contributed by atoms with Crippen LogP contribution in [-0.2, 0) is 23.7 Å². The molecule has 0 N–H and O–H groups in total. The highest BCUT2D eigenvalue weighted by molar-refractivity contribution is 7.27. The van der Waals surface area contributed by atoms with Gasteiger partial charge in [-0.25, -0.2) is 13.2 Å². The molecule has 0 aliphatic heterocycles. The van der Waals surface area contributed by atoms with E-state index in [1.165, 1.54) is 0 Å². The van der Waals surface area contributed by atoms with Gasteiger partial charge in [0.2, 0.25) is 11.6 Å². The van der Waals surface area contributed by atoms with Gasteiger partial charge in [0.25, 0.3) is 0 Å². The van der Waals surface area contributed by atoms with Crippen molar-refractivity contribution in [1.29, 1.82) is 0 Å². The van der Waals surface area contributed by atoms with Crippen molar-refractivity contribution in [2.45, 2.75) is 19.8 Å². The van der Waals surface area contributed by atoms with Crippen molar-refractivity contribution in [2.75, 3.05) is 52.9 Å². The second kappa shape index (κ2) is 14.6. The Morgan fingerprint density at radius 3 is 1.72 bits per heavy atom. The minimum Gasteiger partial charge on any atom is -0.420 e. The SMILES string of the molecule is CCCOCCOCCOCCOCCC(=O)Oc1c(F)c(F)c(F)c(P)c1F. The lowest BCUT2D eigenvalue weighted by Crippen LogP contribution is -2.19. The lowest BCUT2D eigenvalue weighted by molar-refractivity contribution is -0.136. The minimum atomic E-state index is -1.93. The molecule has 1 aromatic rings. The normalized spacial score (nSPS) is 11.1. The molecule has 0 amide bonds. The Hall–Kier alpha value is -1.32. The van der Waals surface area contributed by atoms with E-state index in [0.29, 0.717) is 33.0 Å². The molecule has 1 atom stereocenters. The Morgan fingerprint density at radius 1 is 0.724 bits per heavy atom. The van der Waals surface area contributed by atoms with Gasteiger partial charge >= 0.3 is 5.97 Å². The van der Waals surface area contributed by atoms with Crippen molar-refractivity contribution in [3.63, 3.8) is 0 Å². The predicted molar refractivity (Wildman–Crippen MR) is 99.4 cm³/mol. The maximum Gasteiger partial charge on any atom is 0.313 e. The van der Waals surface area contributed by atoms with E-state index in [-0.39, 0.29) is 26.2 Å². The van der Waals surface area contributed by atoms with Crippen LogP contribution < -0.4 is 10.0 Å². The Kier molecular flexibility index (Phi) is 13.0. The smallest absolute Gasteiger partial charge is 0.313 e. The van der Waals surface area contributed by atoms with E-state index >= 15 is 0 Å². The average molecular weight is 444 g/mol. The molecule has 0 fully saturated rings. The molecule has 0 aliphatic carbocycles. The summed E-state index contributed by atoms with van der Waals surface area (Å²) >= 11 is 0. The number of carbonyl (C=O) groups is 1. The largest absolute Gasteiger partial charge is 0.420 e. The number of carbonyl (C=O) groups excluding carboxylic acids is 1. The van der Waals surface area contributed by atoms with Crippen LogP contribution in [0.15, 0.2) is 0 Å². The highest BCUT2D eigenvalue weighted by Gasteiger charge is 2.26. The predicted octanol–water partition coefficient (Wildman–Crippen LogP) is 2.52. The molecule has 0 aliphatic rings. The molecular weight excluding hydrogens is 419 g/mol. The zero-order valence-electron chi connectivity index (χ0n) is 16.1. The van der Waals surface area contributed by atoms with E-state index in [2.05, 4.69) is 4.74 Å². The fraction of sp³-hybridized carbons (Fsp3) is 0.611. The van der Waals surface area contributed by atoms with E-state index in [1.54, 1.807) is 9.24 Å². The third-order valence-electron chi connectivity index (χ3n) is 3.39. The first-order valence-corrected chi connectivity index (χ1v) is 9.60. The van der Waals surface area contributed by atoms with Crippen LogP contribution in [0.2, 0.25) is 0 Å². The summed E-state index contributed by atoms with van der Waals surface area (Å²) in [5.74, 6) is -9.39. The maximum atomic E-state index is 13.7. The summed E-state index contributed by atoms with van der Waals surface area (Å²) < 4.78 is 79.1. The summed E-state index contributed by atoms with van der Waals surface area (Å²) in [7, 11) is 1.58. The van der Waals surface area contributed by atoms with Crippen LogP contribution in [0.4, 0.5) is 17.6 Å². The zero-order valence-corrected chi connectivity index (χ0v) is 17.3. The van der Waals surface area contributed by atoms with Crippen LogP contribution in [-0.4, -0.2) is 58.8 Å². The van der Waals surface area contributed by atoms with Crippen molar-refractivity contribution < 1.29 is 46.0 Å². The fourth-order valence-electron chi connectivity index (χ4n) is 1.95. The van der Waals surface area contributed by atoms with Crippen molar-refractivity contribution >= 4 is 20.5 Å². The van der Waals surface area contributed by atoms with E-state index in [4.69, 9.17) is 18.9 Å². The van der Waals surface area contributed by atoms with Crippen LogP contribution in [0.1, 0.15) is 19.8 Å². The molecule has 0 saturated heterocycles. The Bertz CT molecular complexity index is 618. The molecule has 166 valence electrons. The van der Waals surface area contributed by atoms with E-state index in [9.17, 15) is 22.4 Å². The van der Waals surface area contributed by atoms with Gasteiger partial charge in [-0.05, 0) is 6.42 Å². The topological polar surface area (TPSA) is 63.2 Å². The zero-order chi connectivity index (χ0) is 21.6. The fourth-order valence-corrected chi connectivity index (χ4v) is 2.20. The van der Waals surface area contributed by atoms with Crippen molar-refractivity contribution in [3.8, 4) is 5.75 Å². The monoisotopic (exact) mass is 444 g/mol. The van der Waals surface area contributed by atoms with Crippen LogP contribution >= 0.6 is 9.24 Å². The summed E-state index contributed by atoms with van der Waals surface area (Å²) in [5, 5.41) is -0.863. The quantitative estimate of drug-likeness (QED) is 0.0788. The van der Waals surface area contributed by atoms with Crippen molar-refractivity contribution in [1.82, 2.24) is 0 Å². The number of rotatable bonds is 15. The molecule has 1 aromatic carbocycles. The second-order valence-electron chi connectivity index (χ2n) is 5.67. The summed E-state index contributed by atoms with van der Waals surface area (Å²) in [5.41, 5.74) is 0. The summed E-state index contributed by atoms with van der Waals surface area (Å²) in [6.07, 6.45) is 0.614. The van der Waals surface area contributed by atoms with Gasteiger partial charge in [0.05, 0.1) is 52.7 Å². The van der Waals surface area contributed by atoms with Gasteiger partial charge in [0.1, 0.15) is 0 Å². The van der Waals surface area contributed by atoms with Crippen molar-refractivity contribution in [3.05, 3.63) is 23.3 Å². The number of hydrogen-bond donors (Lipinski definition) is 0. The maximum absolute atomic E-state index is 13.7. The Balaban J connectivity index is 2.13. The molecule has 29 heavy (non-hydrogen) atoms. The van der Waals surface area contributed by atoms with Crippen LogP contribution in [0.5, 0.6) is 5.75 Å². The first-order chi connectivity index (χ1) is 13.9. The second-order valence-corrected chi connectivity index (χ2v) is 6.25. The number of hydrogen-bond acceptors (Lipinski definition) is 6. The molecule has 0 radical (unpaired) electrons. The lowest BCUT2D eigenvalue weighted by Gasteiger charge is -2.10. The molecule has 0 aromatic heterocycles. The van der Waals surface area contributed by atoms with E-state index < -0.39 is 40.3 Å². The van der Waals surface area contributed by atoms with Gasteiger partial charge in [-0.2, -0.15) is 4.39 Å². The molecular formula is C18H25F4O6P. The summed E-state index contributed by atoms with van der Waals surface area (Å²) in [6, 6.07) is 0. The lowest BCUT2D eigenvalue weighted by atomic mass is 10.3. The third kappa shape index (κ3) is 9.35. The summed E-state index contributed by atoms with van der Waals surface area (Å²) in [4.78, 5) is 11.6. The van der Waals surface area contributed by atoms with Gasteiger partial charge in [0.15, 0.2) is 17.5 Å². The first-order valence-electron chi connectivity index (χ1n) is 9.03. The number of esters is 1. The van der Waals surface area contributed by atoms with Gasteiger partial charge in [-0.3, -0.25) is 4.79 Å². The van der Waals surface area contributed by atoms with Gasteiger partial charge in [-0.15, -0.1) is 0 Å². The van der Waals surface area contributed by atoms with Crippen LogP contribution in [0.3, 0.4) is 0 Å². The van der Waals surface area contributed by atoms with Gasteiger partial charge < -0.3 is 23.7 Å². The molecule has 11 heteroatoms. The van der Waals surface area contributed by atoms with Crippen molar-refractivity contribution in [2.24, 2.45) is 0 Å². The first kappa shape index (κ1) is 25.7. The third-order valence-corrected chi connectivity index (χ3v) is 3.89. The number of ether oxygens (including phenoxy) is 5. The number of benzene rings is 1. The van der Waals surface area contributed by atoms with E-state index in [1.807, 2.05) is 6.92 Å². The Morgan fingerprint density at radius 2 is 1.21 bits per heavy atom. The van der Waals surface area contributed by atoms with Crippen LogP contribution in [0.25, 0.3) is 0 Å². The molecule has 0 saturated carbocycles. The highest BCUT2D eigenvalue weighted by atomic mass is 31.0. The molecule has 1 unspecified atom stereocenters. The van der Waals surface area contributed by atoms with Gasteiger partial charge in [0, 0.05) is 11.9 Å². The standard InChI is InChI=1S/C18H25F4O6P/c1-2-4-24-6-8-26-10-11-27-9-7-25-5-3-12(23)28-17-14(20)13(19)15(21)18(29)16(17)22/h2-11,29H2,1H3. The minimum absolute atomic E-state index is 0.103. The highest BCUT2D eigenvalue weighted by Crippen LogP contribution is 2.26. The molecule has 0 spiro atoms. The molecule has 0 bridgehead atoms. The van der Waals surface area contributed by atoms with Crippen LogP contribution in [0, 0.1) is 23.3 Å². The van der Waals surface area contributed by atoms with E-state index in [0.717, 1.165) is 6.42 Å². The molecule has 1 rings (SSSR count). The molecule has 0 heterocycles. The summed E-state index contributed by atoms with van der Waals surface area (Å²) in [6.45, 7) is 4.84. The molecule has 6 nitrogen and oxygen atoms in total. The Labute approximate surface area is 169 Å². The average Bonchev–Trinajstić information content (AvgIpc) is 2.71. The van der Waals surface area contributed by atoms with Gasteiger partial charge in [-0.1, -0.05) is 16.2 Å².